The van der Waals surface area contributed by atoms with E-state index in [2.05, 4.69) is 43.2 Å². The molecule has 0 unspecified atom stereocenters. The number of benzene rings is 1. The van der Waals surface area contributed by atoms with Gasteiger partial charge in [0, 0.05) is 6.07 Å². The minimum absolute atomic E-state index is 0.695. The zero-order valence-electron chi connectivity index (χ0n) is 11.4. The summed E-state index contributed by atoms with van der Waals surface area (Å²) in [4.78, 5) is 0. The van der Waals surface area contributed by atoms with E-state index in [0.29, 0.717) is 5.92 Å². The minimum atomic E-state index is 0.695. The third-order valence-electron chi connectivity index (χ3n) is 2.93. The Kier molecular flexibility index (Phi) is 3.70. The number of nitrogens with two attached hydrogens (primary N) is 1. The van der Waals surface area contributed by atoms with Gasteiger partial charge in [-0.25, -0.2) is 4.68 Å². The first-order chi connectivity index (χ1) is 8.54. The standard InChI is InChI=1S/C15H21N3/c1-11(2)8-13-4-6-14(7-5-13)10-18-15(16)9-12(3)17-18/h4-7,9,11H,8,10,16H2,1-3H3. The van der Waals surface area contributed by atoms with Crippen LogP contribution in [0.15, 0.2) is 30.3 Å². The fourth-order valence-corrected chi connectivity index (χ4v) is 2.12. The summed E-state index contributed by atoms with van der Waals surface area (Å²) < 4.78 is 1.84. The molecule has 0 atom stereocenters. The highest BCUT2D eigenvalue weighted by molar-refractivity contribution is 5.32. The molecule has 18 heavy (non-hydrogen) atoms. The van der Waals surface area contributed by atoms with E-state index in [1.807, 2.05) is 17.7 Å². The van der Waals surface area contributed by atoms with Crippen LogP contribution in [0.2, 0.25) is 0 Å². The van der Waals surface area contributed by atoms with E-state index in [9.17, 15) is 0 Å². The van der Waals surface area contributed by atoms with Crippen LogP contribution in [0.1, 0.15) is 30.7 Å². The van der Waals surface area contributed by atoms with Crippen LogP contribution in [-0.2, 0) is 13.0 Å². The van der Waals surface area contributed by atoms with Gasteiger partial charge in [-0.3, -0.25) is 0 Å². The van der Waals surface area contributed by atoms with Crippen molar-refractivity contribution in [2.45, 2.75) is 33.7 Å². The summed E-state index contributed by atoms with van der Waals surface area (Å²) in [6, 6.07) is 10.6. The SMILES string of the molecule is Cc1cc(N)n(Cc2ccc(CC(C)C)cc2)n1. The second-order valence-electron chi connectivity index (χ2n) is 5.28. The first-order valence-corrected chi connectivity index (χ1v) is 6.42. The summed E-state index contributed by atoms with van der Waals surface area (Å²) in [5, 5.41) is 4.37. The fraction of sp³-hybridized carbons (Fsp3) is 0.400. The molecule has 3 heteroatoms. The number of nitrogens with zero attached hydrogens (tertiary/aromatic N) is 2. The smallest absolute Gasteiger partial charge is 0.122 e. The van der Waals surface area contributed by atoms with E-state index >= 15 is 0 Å². The number of nitrogen functional groups attached to an aromatic ring is 1. The van der Waals surface area contributed by atoms with Crippen LogP contribution in [0.4, 0.5) is 5.82 Å². The molecule has 2 aromatic rings. The minimum Gasteiger partial charge on any atom is -0.384 e. The van der Waals surface area contributed by atoms with E-state index in [1.165, 1.54) is 11.1 Å². The molecule has 1 aromatic heterocycles. The number of aromatic nitrogens is 2. The van der Waals surface area contributed by atoms with Gasteiger partial charge in [-0.05, 0) is 30.4 Å². The topological polar surface area (TPSA) is 43.8 Å². The van der Waals surface area contributed by atoms with Gasteiger partial charge in [0.05, 0.1) is 12.2 Å². The largest absolute Gasteiger partial charge is 0.384 e. The van der Waals surface area contributed by atoms with Crippen molar-refractivity contribution in [3.05, 3.63) is 47.2 Å². The number of anilines is 1. The van der Waals surface area contributed by atoms with Crippen LogP contribution >= 0.6 is 0 Å². The zero-order chi connectivity index (χ0) is 13.1. The molecule has 0 fully saturated rings. The molecule has 2 rings (SSSR count). The average Bonchev–Trinajstić information content (AvgIpc) is 2.59. The van der Waals surface area contributed by atoms with Crippen molar-refractivity contribution >= 4 is 5.82 Å². The van der Waals surface area contributed by atoms with Gasteiger partial charge in [-0.15, -0.1) is 0 Å². The molecule has 1 heterocycles. The van der Waals surface area contributed by atoms with Gasteiger partial charge in [-0.1, -0.05) is 38.1 Å². The van der Waals surface area contributed by atoms with Crippen LogP contribution in [0.25, 0.3) is 0 Å². The third-order valence-corrected chi connectivity index (χ3v) is 2.93. The first-order valence-electron chi connectivity index (χ1n) is 6.42. The maximum Gasteiger partial charge on any atom is 0.122 e. The van der Waals surface area contributed by atoms with Crippen molar-refractivity contribution in [1.29, 1.82) is 0 Å². The molecule has 0 spiro atoms. The summed E-state index contributed by atoms with van der Waals surface area (Å²) in [6.07, 6.45) is 1.13. The predicted molar refractivity (Wildman–Crippen MR) is 75.5 cm³/mol. The van der Waals surface area contributed by atoms with E-state index in [0.717, 1.165) is 24.5 Å². The highest BCUT2D eigenvalue weighted by Crippen LogP contribution is 2.12. The van der Waals surface area contributed by atoms with Gasteiger partial charge in [0.1, 0.15) is 5.82 Å². The molecule has 0 aliphatic carbocycles. The fourth-order valence-electron chi connectivity index (χ4n) is 2.12. The first kappa shape index (κ1) is 12.7. The van der Waals surface area contributed by atoms with Crippen LogP contribution in [-0.4, -0.2) is 9.78 Å². The Labute approximate surface area is 109 Å². The van der Waals surface area contributed by atoms with Gasteiger partial charge in [0.2, 0.25) is 0 Å². The van der Waals surface area contributed by atoms with Gasteiger partial charge in [-0.2, -0.15) is 5.10 Å². The van der Waals surface area contributed by atoms with Gasteiger partial charge in [0.25, 0.3) is 0 Å². The van der Waals surface area contributed by atoms with Crippen molar-refractivity contribution < 1.29 is 0 Å². The van der Waals surface area contributed by atoms with Crippen LogP contribution < -0.4 is 5.73 Å². The lowest BCUT2D eigenvalue weighted by Gasteiger charge is -2.07. The van der Waals surface area contributed by atoms with Gasteiger partial charge in [0.15, 0.2) is 0 Å². The third kappa shape index (κ3) is 3.13. The molecule has 0 bridgehead atoms. The van der Waals surface area contributed by atoms with Gasteiger partial charge < -0.3 is 5.73 Å². The Morgan fingerprint density at radius 1 is 1.17 bits per heavy atom. The lowest BCUT2D eigenvalue weighted by molar-refractivity contribution is 0.646. The summed E-state index contributed by atoms with van der Waals surface area (Å²) >= 11 is 0. The van der Waals surface area contributed by atoms with Crippen molar-refractivity contribution in [2.75, 3.05) is 5.73 Å². The van der Waals surface area contributed by atoms with Gasteiger partial charge >= 0.3 is 0 Å². The normalized spacial score (nSPS) is 11.1. The highest BCUT2D eigenvalue weighted by Gasteiger charge is 2.03. The Bertz CT molecular complexity index is 509. The molecule has 96 valence electrons. The summed E-state index contributed by atoms with van der Waals surface area (Å²) in [6.45, 7) is 7.17. The van der Waals surface area contributed by atoms with Crippen LogP contribution in [0.3, 0.4) is 0 Å². The highest BCUT2D eigenvalue weighted by atomic mass is 15.3. The molecule has 0 saturated heterocycles. The molecule has 0 radical (unpaired) electrons. The second-order valence-corrected chi connectivity index (χ2v) is 5.28. The van der Waals surface area contributed by atoms with Crippen molar-refractivity contribution in [1.82, 2.24) is 9.78 Å². The summed E-state index contributed by atoms with van der Waals surface area (Å²) in [5.74, 6) is 1.42. The zero-order valence-corrected chi connectivity index (χ0v) is 11.4. The maximum absolute atomic E-state index is 5.89. The molecule has 0 aliphatic rings. The maximum atomic E-state index is 5.89. The van der Waals surface area contributed by atoms with E-state index in [4.69, 9.17) is 5.73 Å². The number of rotatable bonds is 4. The van der Waals surface area contributed by atoms with E-state index < -0.39 is 0 Å². The average molecular weight is 243 g/mol. The van der Waals surface area contributed by atoms with Crippen LogP contribution in [0.5, 0.6) is 0 Å². The molecule has 0 amide bonds. The Morgan fingerprint density at radius 3 is 2.28 bits per heavy atom. The quantitative estimate of drug-likeness (QED) is 0.897. The number of hydrogen-bond acceptors (Lipinski definition) is 2. The molecule has 0 saturated carbocycles. The lowest BCUT2D eigenvalue weighted by atomic mass is 10.0. The predicted octanol–water partition coefficient (Wildman–Crippen LogP) is 3.02. The molecule has 1 aromatic carbocycles. The van der Waals surface area contributed by atoms with Crippen molar-refractivity contribution in [3.8, 4) is 0 Å². The summed E-state index contributed by atoms with van der Waals surface area (Å²) in [7, 11) is 0. The lowest BCUT2D eigenvalue weighted by Crippen LogP contribution is -2.06. The molecular formula is C15H21N3. The Morgan fingerprint density at radius 2 is 1.78 bits per heavy atom. The molecular weight excluding hydrogens is 222 g/mol. The monoisotopic (exact) mass is 243 g/mol. The Balaban J connectivity index is 2.08. The van der Waals surface area contributed by atoms with E-state index in [-0.39, 0.29) is 0 Å². The summed E-state index contributed by atoms with van der Waals surface area (Å²) in [5.41, 5.74) is 9.47. The number of aryl methyl sites for hydroxylation is 1. The molecule has 2 N–H and O–H groups in total. The second kappa shape index (κ2) is 5.25. The van der Waals surface area contributed by atoms with Crippen LogP contribution in [0, 0.1) is 12.8 Å². The Hall–Kier alpha value is -1.77. The van der Waals surface area contributed by atoms with Crippen molar-refractivity contribution in [2.24, 2.45) is 5.92 Å². The molecule has 3 nitrogen and oxygen atoms in total. The molecule has 0 aliphatic heterocycles. The van der Waals surface area contributed by atoms with E-state index in [1.54, 1.807) is 0 Å². The van der Waals surface area contributed by atoms with Crippen molar-refractivity contribution in [3.63, 3.8) is 0 Å². The number of hydrogen-bond donors (Lipinski definition) is 1.